The maximum atomic E-state index is 5.83. The summed E-state index contributed by atoms with van der Waals surface area (Å²) in [6.07, 6.45) is 0.965. The third-order valence-corrected chi connectivity index (χ3v) is 2.66. The van der Waals surface area contributed by atoms with Crippen molar-refractivity contribution >= 4 is 17.6 Å². The van der Waals surface area contributed by atoms with Gasteiger partial charge in [0.25, 0.3) is 0 Å². The molecule has 0 spiro atoms. The molecule has 0 bridgehead atoms. The van der Waals surface area contributed by atoms with Crippen molar-refractivity contribution in [2.45, 2.75) is 12.5 Å². The van der Waals surface area contributed by atoms with Crippen LogP contribution in [0.15, 0.2) is 29.3 Å². The summed E-state index contributed by atoms with van der Waals surface area (Å²) in [7, 11) is 0. The quantitative estimate of drug-likeness (QED) is 0.496. The van der Waals surface area contributed by atoms with E-state index in [1.165, 1.54) is 5.56 Å². The normalized spacial score (nSPS) is 20.4. The van der Waals surface area contributed by atoms with Crippen molar-refractivity contribution in [1.82, 2.24) is 10.7 Å². The summed E-state index contributed by atoms with van der Waals surface area (Å²) in [5, 5.41) is 3.96. The van der Waals surface area contributed by atoms with Gasteiger partial charge in [-0.25, -0.2) is 5.84 Å². The number of benzene rings is 1. The fourth-order valence-corrected chi connectivity index (χ4v) is 1.75. The minimum atomic E-state index is 0.255. The summed E-state index contributed by atoms with van der Waals surface area (Å²) in [5.41, 5.74) is 3.72. The van der Waals surface area contributed by atoms with Crippen molar-refractivity contribution in [1.29, 1.82) is 0 Å². The SMILES string of the molecule is NNC1=NCC[C@H](c2ccc(Cl)cc2)N1. The van der Waals surface area contributed by atoms with E-state index in [0.29, 0.717) is 5.96 Å². The third-order valence-electron chi connectivity index (χ3n) is 2.41. The first-order chi connectivity index (χ1) is 7.29. The van der Waals surface area contributed by atoms with Crippen LogP contribution in [0.2, 0.25) is 5.02 Å². The van der Waals surface area contributed by atoms with E-state index >= 15 is 0 Å². The van der Waals surface area contributed by atoms with E-state index in [2.05, 4.69) is 15.7 Å². The number of hydrazine groups is 1. The van der Waals surface area contributed by atoms with Crippen molar-refractivity contribution in [3.8, 4) is 0 Å². The standard InChI is InChI=1S/C10H13ClN4/c11-8-3-1-7(2-4-8)9-5-6-13-10(14-9)15-12/h1-4,9H,5-6,12H2,(H2,13,14,15)/t9-/m1/s1. The second kappa shape index (κ2) is 4.51. The van der Waals surface area contributed by atoms with E-state index in [-0.39, 0.29) is 6.04 Å². The minimum absolute atomic E-state index is 0.255. The molecule has 0 unspecified atom stereocenters. The molecule has 0 fully saturated rings. The summed E-state index contributed by atoms with van der Waals surface area (Å²) >= 11 is 5.83. The summed E-state index contributed by atoms with van der Waals surface area (Å²) in [6.45, 7) is 0.778. The molecule has 1 aliphatic heterocycles. The number of aliphatic imine (C=N–C) groups is 1. The van der Waals surface area contributed by atoms with Crippen LogP contribution in [-0.4, -0.2) is 12.5 Å². The highest BCUT2D eigenvalue weighted by Crippen LogP contribution is 2.20. The number of nitrogens with zero attached hydrogens (tertiary/aromatic N) is 1. The van der Waals surface area contributed by atoms with E-state index in [0.717, 1.165) is 18.0 Å². The smallest absolute Gasteiger partial charge is 0.206 e. The van der Waals surface area contributed by atoms with Crippen molar-refractivity contribution < 1.29 is 0 Å². The molecular weight excluding hydrogens is 212 g/mol. The zero-order chi connectivity index (χ0) is 10.7. The van der Waals surface area contributed by atoms with E-state index in [4.69, 9.17) is 17.4 Å². The average Bonchev–Trinajstić information content (AvgIpc) is 2.30. The number of hydrogen-bond donors (Lipinski definition) is 3. The molecule has 4 nitrogen and oxygen atoms in total. The monoisotopic (exact) mass is 224 g/mol. The van der Waals surface area contributed by atoms with Gasteiger partial charge in [-0.1, -0.05) is 23.7 Å². The Morgan fingerprint density at radius 2 is 2.13 bits per heavy atom. The van der Waals surface area contributed by atoms with Crippen LogP contribution in [0.25, 0.3) is 0 Å². The summed E-state index contributed by atoms with van der Waals surface area (Å²) in [6, 6.07) is 8.06. The van der Waals surface area contributed by atoms with Gasteiger partial charge in [-0.15, -0.1) is 0 Å². The first kappa shape index (κ1) is 10.3. The van der Waals surface area contributed by atoms with E-state index in [1.807, 2.05) is 24.3 Å². The lowest BCUT2D eigenvalue weighted by Crippen LogP contribution is -2.45. The molecule has 80 valence electrons. The molecular formula is C10H13ClN4. The predicted molar refractivity (Wildman–Crippen MR) is 61.6 cm³/mol. The Labute approximate surface area is 93.5 Å². The Kier molecular flexibility index (Phi) is 3.08. The lowest BCUT2D eigenvalue weighted by molar-refractivity contribution is 0.557. The molecule has 1 aliphatic rings. The van der Waals surface area contributed by atoms with Crippen LogP contribution in [0.1, 0.15) is 18.0 Å². The van der Waals surface area contributed by atoms with E-state index < -0.39 is 0 Å². The zero-order valence-electron chi connectivity index (χ0n) is 8.20. The number of halogens is 1. The molecule has 1 aromatic rings. The Morgan fingerprint density at radius 1 is 1.40 bits per heavy atom. The summed E-state index contributed by atoms with van der Waals surface area (Å²) < 4.78 is 0. The Morgan fingerprint density at radius 3 is 2.80 bits per heavy atom. The number of rotatable bonds is 1. The van der Waals surface area contributed by atoms with E-state index in [1.54, 1.807) is 0 Å². The lowest BCUT2D eigenvalue weighted by Gasteiger charge is -2.24. The lowest BCUT2D eigenvalue weighted by atomic mass is 10.0. The molecule has 0 aliphatic carbocycles. The molecule has 5 heteroatoms. The molecule has 2 rings (SSSR count). The van der Waals surface area contributed by atoms with Crippen LogP contribution in [-0.2, 0) is 0 Å². The van der Waals surface area contributed by atoms with Crippen LogP contribution < -0.4 is 16.6 Å². The van der Waals surface area contributed by atoms with Gasteiger partial charge in [-0.05, 0) is 24.1 Å². The molecule has 1 heterocycles. The van der Waals surface area contributed by atoms with Gasteiger partial charge < -0.3 is 5.32 Å². The van der Waals surface area contributed by atoms with Gasteiger partial charge in [0, 0.05) is 11.6 Å². The predicted octanol–water partition coefficient (Wildman–Crippen LogP) is 1.19. The maximum absolute atomic E-state index is 5.83. The van der Waals surface area contributed by atoms with Gasteiger partial charge in [-0.2, -0.15) is 0 Å². The second-order valence-corrected chi connectivity index (χ2v) is 3.85. The van der Waals surface area contributed by atoms with Crippen molar-refractivity contribution in [2.24, 2.45) is 10.8 Å². The van der Waals surface area contributed by atoms with E-state index in [9.17, 15) is 0 Å². The number of guanidine groups is 1. The van der Waals surface area contributed by atoms with Gasteiger partial charge in [0.15, 0.2) is 0 Å². The second-order valence-electron chi connectivity index (χ2n) is 3.41. The topological polar surface area (TPSA) is 62.4 Å². The van der Waals surface area contributed by atoms with Gasteiger partial charge in [-0.3, -0.25) is 10.4 Å². The molecule has 0 radical (unpaired) electrons. The fraction of sp³-hybridized carbons (Fsp3) is 0.300. The van der Waals surface area contributed by atoms with Crippen LogP contribution in [0, 0.1) is 0 Å². The zero-order valence-corrected chi connectivity index (χ0v) is 8.96. The highest BCUT2D eigenvalue weighted by atomic mass is 35.5. The average molecular weight is 225 g/mol. The maximum Gasteiger partial charge on any atom is 0.206 e. The highest BCUT2D eigenvalue weighted by molar-refractivity contribution is 6.30. The van der Waals surface area contributed by atoms with Crippen molar-refractivity contribution in [3.63, 3.8) is 0 Å². The Bertz CT molecular complexity index is 360. The molecule has 0 amide bonds. The third kappa shape index (κ3) is 2.40. The highest BCUT2D eigenvalue weighted by Gasteiger charge is 2.16. The van der Waals surface area contributed by atoms with Crippen molar-refractivity contribution in [2.75, 3.05) is 6.54 Å². The van der Waals surface area contributed by atoms with Gasteiger partial charge in [0.2, 0.25) is 5.96 Å². The number of nitrogens with one attached hydrogen (secondary N) is 2. The molecule has 1 atom stereocenters. The summed E-state index contributed by atoms with van der Waals surface area (Å²) in [4.78, 5) is 4.18. The first-order valence-electron chi connectivity index (χ1n) is 4.82. The Balaban J connectivity index is 2.12. The number of nitrogens with two attached hydrogens (primary N) is 1. The molecule has 0 saturated carbocycles. The van der Waals surface area contributed by atoms with Crippen molar-refractivity contribution in [3.05, 3.63) is 34.9 Å². The van der Waals surface area contributed by atoms with Crippen LogP contribution in [0.4, 0.5) is 0 Å². The minimum Gasteiger partial charge on any atom is -0.348 e. The molecule has 0 aromatic heterocycles. The van der Waals surface area contributed by atoms with Gasteiger partial charge >= 0.3 is 0 Å². The van der Waals surface area contributed by atoms with Crippen LogP contribution in [0.5, 0.6) is 0 Å². The fourth-order valence-electron chi connectivity index (χ4n) is 1.62. The van der Waals surface area contributed by atoms with Crippen LogP contribution in [0.3, 0.4) is 0 Å². The summed E-state index contributed by atoms with van der Waals surface area (Å²) in [5.74, 6) is 5.94. The Hall–Kier alpha value is -1.26. The van der Waals surface area contributed by atoms with Gasteiger partial charge in [0.05, 0.1) is 6.04 Å². The van der Waals surface area contributed by atoms with Gasteiger partial charge in [0.1, 0.15) is 0 Å². The molecule has 4 N–H and O–H groups in total. The number of hydrogen-bond acceptors (Lipinski definition) is 4. The largest absolute Gasteiger partial charge is 0.348 e. The molecule has 1 aromatic carbocycles. The molecule has 0 saturated heterocycles. The van der Waals surface area contributed by atoms with Crippen LogP contribution >= 0.6 is 11.6 Å². The molecule has 15 heavy (non-hydrogen) atoms. The first-order valence-corrected chi connectivity index (χ1v) is 5.20.